The molecule has 0 atom stereocenters. The minimum absolute atomic E-state index is 0.0911. The molecule has 1 aliphatic heterocycles. The molecule has 140 valence electrons. The number of aromatic nitrogens is 1. The van der Waals surface area contributed by atoms with Gasteiger partial charge in [-0.3, -0.25) is 9.69 Å². The number of nitrogens with one attached hydrogen (secondary N) is 1. The summed E-state index contributed by atoms with van der Waals surface area (Å²) in [7, 11) is 0. The van der Waals surface area contributed by atoms with Crippen LogP contribution >= 0.6 is 11.3 Å². The Morgan fingerprint density at radius 1 is 1.19 bits per heavy atom. The van der Waals surface area contributed by atoms with Crippen molar-refractivity contribution in [2.75, 3.05) is 42.9 Å². The van der Waals surface area contributed by atoms with Gasteiger partial charge in [-0.25, -0.2) is 9.37 Å². The molecular formula is C16H16F4N4OS. The van der Waals surface area contributed by atoms with E-state index in [9.17, 15) is 22.4 Å². The molecule has 0 bridgehead atoms. The predicted molar refractivity (Wildman–Crippen MR) is 90.8 cm³/mol. The van der Waals surface area contributed by atoms with Gasteiger partial charge in [0.15, 0.2) is 10.8 Å². The molecule has 1 fully saturated rings. The fourth-order valence-electron chi connectivity index (χ4n) is 2.59. The number of carbonyl (C=O) groups excluding carboxylic acids is 1. The molecule has 0 unspecified atom stereocenters. The van der Waals surface area contributed by atoms with E-state index in [4.69, 9.17) is 0 Å². The highest BCUT2D eigenvalue weighted by atomic mass is 32.1. The van der Waals surface area contributed by atoms with Crippen molar-refractivity contribution in [1.29, 1.82) is 0 Å². The Bertz CT molecular complexity index is 772. The molecule has 1 saturated heterocycles. The van der Waals surface area contributed by atoms with Crippen LogP contribution in [0.5, 0.6) is 0 Å². The Labute approximate surface area is 151 Å². The maximum atomic E-state index is 13.5. The molecule has 0 spiro atoms. The third kappa shape index (κ3) is 4.50. The van der Waals surface area contributed by atoms with Crippen LogP contribution in [0.1, 0.15) is 5.69 Å². The zero-order chi connectivity index (χ0) is 18.7. The first kappa shape index (κ1) is 18.6. The summed E-state index contributed by atoms with van der Waals surface area (Å²) in [6, 6.07) is 5.90. The number of carbonyl (C=O) groups is 1. The number of piperazine rings is 1. The number of nitrogens with zero attached hydrogens (tertiary/aromatic N) is 3. The van der Waals surface area contributed by atoms with Gasteiger partial charge < -0.3 is 10.2 Å². The van der Waals surface area contributed by atoms with Gasteiger partial charge in [-0.05, 0) is 12.1 Å². The Morgan fingerprint density at radius 3 is 2.50 bits per heavy atom. The summed E-state index contributed by atoms with van der Waals surface area (Å²) in [4.78, 5) is 19.3. The van der Waals surface area contributed by atoms with Gasteiger partial charge >= 0.3 is 6.18 Å². The van der Waals surface area contributed by atoms with E-state index in [-0.39, 0.29) is 18.1 Å². The number of para-hydroxylation sites is 1. The third-order valence-electron chi connectivity index (χ3n) is 3.94. The summed E-state index contributed by atoms with van der Waals surface area (Å²) in [6.45, 7) is 2.04. The van der Waals surface area contributed by atoms with Crippen LogP contribution in [-0.4, -0.2) is 48.5 Å². The smallest absolute Gasteiger partial charge is 0.346 e. The van der Waals surface area contributed by atoms with Gasteiger partial charge in [0.05, 0.1) is 12.2 Å². The van der Waals surface area contributed by atoms with Gasteiger partial charge in [-0.1, -0.05) is 12.1 Å². The van der Waals surface area contributed by atoms with E-state index in [1.54, 1.807) is 11.0 Å². The molecular weight excluding hydrogens is 372 g/mol. The minimum Gasteiger partial charge on any atom is -0.346 e. The first-order chi connectivity index (χ1) is 12.3. The van der Waals surface area contributed by atoms with Crippen LogP contribution in [0.2, 0.25) is 0 Å². The van der Waals surface area contributed by atoms with Gasteiger partial charge in [-0.15, -0.1) is 11.3 Å². The van der Waals surface area contributed by atoms with Crippen LogP contribution in [0.3, 0.4) is 0 Å². The number of rotatable bonds is 4. The highest BCUT2D eigenvalue weighted by Crippen LogP contribution is 2.33. The number of hydrogen-bond acceptors (Lipinski definition) is 5. The maximum absolute atomic E-state index is 13.5. The van der Waals surface area contributed by atoms with E-state index in [1.165, 1.54) is 18.2 Å². The molecule has 1 aromatic carbocycles. The Morgan fingerprint density at radius 2 is 1.88 bits per heavy atom. The van der Waals surface area contributed by atoms with Crippen molar-refractivity contribution in [1.82, 2.24) is 9.88 Å². The third-order valence-corrected chi connectivity index (χ3v) is 4.84. The van der Waals surface area contributed by atoms with Crippen molar-refractivity contribution >= 4 is 28.1 Å². The van der Waals surface area contributed by atoms with Gasteiger partial charge in [0, 0.05) is 31.6 Å². The number of halogens is 4. The van der Waals surface area contributed by atoms with Crippen LogP contribution < -0.4 is 10.2 Å². The summed E-state index contributed by atoms with van der Waals surface area (Å²) >= 11 is 0.957. The van der Waals surface area contributed by atoms with Crippen molar-refractivity contribution in [3.8, 4) is 0 Å². The van der Waals surface area contributed by atoms with Gasteiger partial charge in [0.2, 0.25) is 5.91 Å². The lowest BCUT2D eigenvalue weighted by Crippen LogP contribution is -2.48. The van der Waals surface area contributed by atoms with Crippen LogP contribution in [0, 0.1) is 5.82 Å². The lowest BCUT2D eigenvalue weighted by atomic mass is 10.3. The fraction of sp³-hybridized carbons (Fsp3) is 0.375. The quantitative estimate of drug-likeness (QED) is 0.818. The van der Waals surface area contributed by atoms with Crippen molar-refractivity contribution in [3.63, 3.8) is 0 Å². The summed E-state index contributed by atoms with van der Waals surface area (Å²) in [5.74, 6) is -0.841. The number of alkyl halides is 3. The van der Waals surface area contributed by atoms with E-state index in [2.05, 4.69) is 10.3 Å². The topological polar surface area (TPSA) is 48.5 Å². The van der Waals surface area contributed by atoms with Crippen molar-refractivity contribution < 1.29 is 22.4 Å². The lowest BCUT2D eigenvalue weighted by Gasteiger charge is -2.34. The molecule has 0 aliphatic carbocycles. The molecule has 0 radical (unpaired) electrons. The van der Waals surface area contributed by atoms with Crippen LogP contribution in [0.15, 0.2) is 29.6 Å². The summed E-state index contributed by atoms with van der Waals surface area (Å²) < 4.78 is 51.4. The first-order valence-electron chi connectivity index (χ1n) is 7.87. The second-order valence-electron chi connectivity index (χ2n) is 5.80. The normalized spacial score (nSPS) is 15.9. The van der Waals surface area contributed by atoms with Gasteiger partial charge in [0.25, 0.3) is 0 Å². The van der Waals surface area contributed by atoms with Crippen LogP contribution in [0.25, 0.3) is 0 Å². The number of amides is 1. The molecule has 26 heavy (non-hydrogen) atoms. The Balaban J connectivity index is 1.50. The largest absolute Gasteiger partial charge is 0.434 e. The molecule has 2 aromatic rings. The second-order valence-corrected chi connectivity index (χ2v) is 6.64. The monoisotopic (exact) mass is 388 g/mol. The zero-order valence-corrected chi connectivity index (χ0v) is 14.4. The fourth-order valence-corrected chi connectivity index (χ4v) is 3.48. The standard InChI is InChI=1S/C16H16F4N4OS/c17-11-3-1-2-4-12(11)21-14(25)9-23-5-7-24(8-6-23)15-22-13(10-26-15)16(18,19)20/h1-4,10H,5-9H2,(H,21,25). The van der Waals surface area contributed by atoms with E-state index >= 15 is 0 Å². The Hall–Kier alpha value is -2.20. The molecule has 1 amide bonds. The molecule has 1 aromatic heterocycles. The molecule has 2 heterocycles. The molecule has 3 rings (SSSR count). The average molecular weight is 388 g/mol. The maximum Gasteiger partial charge on any atom is 0.434 e. The SMILES string of the molecule is O=C(CN1CCN(c2nc(C(F)(F)F)cs2)CC1)Nc1ccccc1F. The second kappa shape index (κ2) is 7.58. The van der Waals surface area contributed by atoms with Crippen LogP contribution in [0.4, 0.5) is 28.4 Å². The molecule has 5 nitrogen and oxygen atoms in total. The zero-order valence-electron chi connectivity index (χ0n) is 13.6. The number of anilines is 2. The van der Waals surface area contributed by atoms with Crippen molar-refractivity contribution in [2.24, 2.45) is 0 Å². The molecule has 1 aliphatic rings. The van der Waals surface area contributed by atoms with E-state index in [0.717, 1.165) is 16.7 Å². The van der Waals surface area contributed by atoms with Gasteiger partial charge in [0.1, 0.15) is 5.82 Å². The van der Waals surface area contributed by atoms with E-state index in [0.29, 0.717) is 31.3 Å². The lowest BCUT2D eigenvalue weighted by molar-refractivity contribution is -0.140. The highest BCUT2D eigenvalue weighted by Gasteiger charge is 2.34. The Kier molecular flexibility index (Phi) is 5.42. The van der Waals surface area contributed by atoms with Crippen molar-refractivity contribution in [2.45, 2.75) is 6.18 Å². The predicted octanol–water partition coefficient (Wildman–Crippen LogP) is 3.06. The minimum atomic E-state index is -4.44. The van der Waals surface area contributed by atoms with Crippen LogP contribution in [-0.2, 0) is 11.0 Å². The molecule has 10 heteroatoms. The summed E-state index contributed by atoms with van der Waals surface area (Å²) in [6.07, 6.45) is -4.44. The van der Waals surface area contributed by atoms with Crippen molar-refractivity contribution in [3.05, 3.63) is 41.2 Å². The van der Waals surface area contributed by atoms with Gasteiger partial charge in [-0.2, -0.15) is 13.2 Å². The first-order valence-corrected chi connectivity index (χ1v) is 8.75. The number of thiazole rings is 1. The van der Waals surface area contributed by atoms with E-state index < -0.39 is 17.7 Å². The molecule has 0 saturated carbocycles. The number of benzene rings is 1. The highest BCUT2D eigenvalue weighted by molar-refractivity contribution is 7.13. The summed E-state index contributed by atoms with van der Waals surface area (Å²) in [5.41, 5.74) is -0.761. The average Bonchev–Trinajstić information content (AvgIpc) is 3.08. The summed E-state index contributed by atoms with van der Waals surface area (Å²) in [5, 5.41) is 3.85. The molecule has 1 N–H and O–H groups in total. The number of hydrogen-bond donors (Lipinski definition) is 1. The van der Waals surface area contributed by atoms with E-state index in [1.807, 2.05) is 4.90 Å².